The van der Waals surface area contributed by atoms with Crippen LogP contribution in [0.2, 0.25) is 0 Å². The number of nitrogens with zero attached hydrogens (tertiary/aromatic N) is 8. The maximum Gasteiger partial charge on any atom is 0.320 e. The highest BCUT2D eigenvalue weighted by Gasteiger charge is 2.20. The summed E-state index contributed by atoms with van der Waals surface area (Å²) in [7, 11) is 0. The van der Waals surface area contributed by atoms with Gasteiger partial charge in [-0.25, -0.2) is 0 Å². The minimum Gasteiger partial charge on any atom is -0.460 e. The summed E-state index contributed by atoms with van der Waals surface area (Å²) in [4.78, 5) is 78.9. The third kappa shape index (κ3) is 29.5. The van der Waals surface area contributed by atoms with Crippen LogP contribution in [0.4, 0.5) is 0 Å². The summed E-state index contributed by atoms with van der Waals surface area (Å²) >= 11 is 0. The monoisotopic (exact) mass is 1010 g/mol. The van der Waals surface area contributed by atoms with Crippen molar-refractivity contribution >= 4 is 23.8 Å². The lowest BCUT2D eigenvalue weighted by Crippen LogP contribution is -2.47. The van der Waals surface area contributed by atoms with Crippen LogP contribution in [0.3, 0.4) is 0 Å². The van der Waals surface area contributed by atoms with E-state index in [9.17, 15) is 19.2 Å². The predicted octanol–water partition coefficient (Wildman–Crippen LogP) is 3.23. The number of hydrogen-bond acceptors (Lipinski definition) is 16. The van der Waals surface area contributed by atoms with E-state index in [1.165, 1.54) is 0 Å². The van der Waals surface area contributed by atoms with Crippen LogP contribution in [0, 0.1) is 0 Å². The average Bonchev–Trinajstić information content (AvgIpc) is 3.36. The summed E-state index contributed by atoms with van der Waals surface area (Å²) in [5.74, 6) is -0.859. The molecule has 0 aromatic carbocycles. The molecule has 4 heterocycles. The van der Waals surface area contributed by atoms with Gasteiger partial charge in [-0.05, 0) is 90.1 Å². The van der Waals surface area contributed by atoms with Crippen molar-refractivity contribution in [3.8, 4) is 0 Å². The number of rotatable bonds is 36. The van der Waals surface area contributed by atoms with Crippen LogP contribution >= 0.6 is 0 Å². The highest BCUT2D eigenvalue weighted by molar-refractivity contribution is 5.78. The Kier molecular flexibility index (Phi) is 27.7. The molecule has 0 aliphatic rings. The van der Waals surface area contributed by atoms with Crippen molar-refractivity contribution < 1.29 is 28.7 Å². The SMILES string of the molecule is CC(C)(C)OC(=O)CCN(CCNCC(=O)NCCN(CCc1ccccn1)CCc1ccccn1)CCN(CCNCC(=O)OC(C)(C)C)CC(=O)NCCN(CCc1ccccn1)CCc1ccccn1. The molecule has 0 aliphatic heterocycles. The number of esters is 2. The number of aromatic nitrogens is 4. The van der Waals surface area contributed by atoms with Crippen LogP contribution in [-0.4, -0.2) is 192 Å². The second kappa shape index (κ2) is 33.9. The Morgan fingerprint density at radius 2 is 0.795 bits per heavy atom. The molecule has 4 aromatic heterocycles. The van der Waals surface area contributed by atoms with Crippen LogP contribution < -0.4 is 21.3 Å². The maximum absolute atomic E-state index is 13.6. The number of carbonyl (C=O) groups excluding carboxylic acids is 4. The molecule has 2 amide bonds. The molecular formula is C55H84N12O6. The molecule has 0 bridgehead atoms. The topological polar surface area (TPSA) is 199 Å². The predicted molar refractivity (Wildman–Crippen MR) is 286 cm³/mol. The highest BCUT2D eigenvalue weighted by Crippen LogP contribution is 2.10. The Morgan fingerprint density at radius 1 is 0.425 bits per heavy atom. The molecule has 0 radical (unpaired) electrons. The number of pyridine rings is 4. The molecule has 0 unspecified atom stereocenters. The minimum atomic E-state index is -0.613. The fraction of sp³-hybridized carbons (Fsp3) is 0.564. The van der Waals surface area contributed by atoms with Gasteiger partial charge in [0.2, 0.25) is 11.8 Å². The minimum absolute atomic E-state index is 0.0433. The number of carbonyl (C=O) groups is 4. The van der Waals surface area contributed by atoms with E-state index < -0.39 is 11.2 Å². The molecule has 400 valence electrons. The summed E-state index contributed by atoms with van der Waals surface area (Å²) < 4.78 is 11.1. The summed E-state index contributed by atoms with van der Waals surface area (Å²) in [5.41, 5.74) is 2.88. The van der Waals surface area contributed by atoms with Crippen molar-refractivity contribution in [2.24, 2.45) is 0 Å². The van der Waals surface area contributed by atoms with Gasteiger partial charge in [0.05, 0.1) is 26.1 Å². The van der Waals surface area contributed by atoms with Gasteiger partial charge >= 0.3 is 11.9 Å². The van der Waals surface area contributed by atoms with E-state index in [1.54, 1.807) is 12.4 Å². The maximum atomic E-state index is 13.6. The first kappa shape index (κ1) is 59.8. The van der Waals surface area contributed by atoms with Crippen LogP contribution in [0.25, 0.3) is 0 Å². The Hall–Kier alpha value is -5.76. The molecule has 73 heavy (non-hydrogen) atoms. The zero-order chi connectivity index (χ0) is 52.6. The average molecular weight is 1010 g/mol. The third-order valence-corrected chi connectivity index (χ3v) is 11.5. The Labute approximate surface area is 434 Å². The fourth-order valence-corrected chi connectivity index (χ4v) is 7.75. The van der Waals surface area contributed by atoms with E-state index >= 15 is 0 Å². The Bertz CT molecular complexity index is 2040. The van der Waals surface area contributed by atoms with Gasteiger partial charge in [0.15, 0.2) is 0 Å². The number of hydrogen-bond donors (Lipinski definition) is 4. The molecule has 18 heteroatoms. The molecule has 4 aromatic rings. The molecule has 0 fully saturated rings. The van der Waals surface area contributed by atoms with Crippen LogP contribution in [0.1, 0.15) is 70.7 Å². The first-order valence-electron chi connectivity index (χ1n) is 26.0. The molecular weight excluding hydrogens is 925 g/mol. The second-order valence-corrected chi connectivity index (χ2v) is 20.1. The third-order valence-electron chi connectivity index (χ3n) is 11.5. The standard InChI is InChI=1S/C55H84N12O6/c1-54(2,3)72-52(70)23-36-66(37-28-56-43-50(68)62-30-39-64(32-19-46-15-7-11-24-58-46)33-20-47-16-8-12-25-59-47)41-42-67(38-29-57-44-53(71)73-55(4,5)6)45-51(69)63-31-40-65(34-21-48-17-9-13-26-60-48)35-22-49-18-10-14-27-61-49/h7-18,24-27,56-57H,19-23,28-45H2,1-6H3,(H,62,68)(H,63,69). The summed E-state index contributed by atoms with van der Waals surface area (Å²) in [6.07, 6.45) is 10.6. The number of ether oxygens (including phenoxy) is 2. The van der Waals surface area contributed by atoms with E-state index in [2.05, 4.69) is 60.8 Å². The lowest BCUT2D eigenvalue weighted by atomic mass is 10.2. The number of nitrogens with one attached hydrogen (secondary N) is 4. The van der Waals surface area contributed by atoms with Crippen molar-refractivity contribution in [2.45, 2.75) is 84.8 Å². The number of amides is 2. The van der Waals surface area contributed by atoms with Crippen LogP contribution in [-0.2, 0) is 54.3 Å². The molecule has 0 saturated heterocycles. The molecule has 0 atom stereocenters. The quantitative estimate of drug-likeness (QED) is 0.0382. The molecule has 4 rings (SSSR count). The summed E-state index contributed by atoms with van der Waals surface area (Å²) in [6.45, 7) is 20.3. The van der Waals surface area contributed by atoms with Gasteiger partial charge in [0.25, 0.3) is 0 Å². The van der Waals surface area contributed by atoms with Crippen LogP contribution in [0.15, 0.2) is 97.6 Å². The van der Waals surface area contributed by atoms with E-state index in [-0.39, 0.29) is 49.8 Å². The van der Waals surface area contributed by atoms with Gasteiger partial charge in [-0.3, -0.25) is 44.0 Å². The van der Waals surface area contributed by atoms with E-state index in [0.717, 1.165) is 74.6 Å². The van der Waals surface area contributed by atoms with Gasteiger partial charge < -0.3 is 45.4 Å². The van der Waals surface area contributed by atoms with Gasteiger partial charge in [-0.2, -0.15) is 0 Å². The van der Waals surface area contributed by atoms with E-state index in [4.69, 9.17) is 9.47 Å². The van der Waals surface area contributed by atoms with Crippen molar-refractivity contribution in [1.29, 1.82) is 0 Å². The summed E-state index contributed by atoms with van der Waals surface area (Å²) in [5, 5.41) is 12.7. The fourth-order valence-electron chi connectivity index (χ4n) is 7.75. The smallest absolute Gasteiger partial charge is 0.320 e. The second-order valence-electron chi connectivity index (χ2n) is 20.1. The van der Waals surface area contributed by atoms with Crippen LogP contribution in [0.5, 0.6) is 0 Å². The van der Waals surface area contributed by atoms with E-state index in [1.807, 2.05) is 127 Å². The zero-order valence-electron chi connectivity index (χ0n) is 44.5. The lowest BCUT2D eigenvalue weighted by molar-refractivity contribution is -0.155. The molecule has 0 aliphatic carbocycles. The summed E-state index contributed by atoms with van der Waals surface area (Å²) in [6, 6.07) is 23.8. The van der Waals surface area contributed by atoms with Gasteiger partial charge in [-0.15, -0.1) is 0 Å². The zero-order valence-corrected chi connectivity index (χ0v) is 44.5. The molecule has 4 N–H and O–H groups in total. The van der Waals surface area contributed by atoms with Gasteiger partial charge in [0.1, 0.15) is 11.2 Å². The Balaban J connectivity index is 1.31. The van der Waals surface area contributed by atoms with Gasteiger partial charge in [-0.1, -0.05) is 24.3 Å². The molecule has 0 saturated carbocycles. The van der Waals surface area contributed by atoms with Crippen molar-refractivity contribution in [2.75, 3.05) is 118 Å². The largest absolute Gasteiger partial charge is 0.460 e. The lowest BCUT2D eigenvalue weighted by Gasteiger charge is -2.28. The first-order chi connectivity index (χ1) is 35.1. The molecule has 0 spiro atoms. The normalized spacial score (nSPS) is 11.9. The highest BCUT2D eigenvalue weighted by atomic mass is 16.6. The van der Waals surface area contributed by atoms with Crippen molar-refractivity contribution in [1.82, 2.24) is 60.8 Å². The first-order valence-corrected chi connectivity index (χ1v) is 26.0. The van der Waals surface area contributed by atoms with Gasteiger partial charge in [0, 0.05) is 171 Å². The Morgan fingerprint density at radius 3 is 1.22 bits per heavy atom. The van der Waals surface area contributed by atoms with Crippen molar-refractivity contribution in [3.05, 3.63) is 120 Å². The van der Waals surface area contributed by atoms with Crippen molar-refractivity contribution in [3.63, 3.8) is 0 Å². The molecule has 18 nitrogen and oxygen atoms in total. The van der Waals surface area contributed by atoms with E-state index in [0.29, 0.717) is 72.0 Å².